The van der Waals surface area contributed by atoms with E-state index in [1.807, 2.05) is 24.3 Å². The number of quaternary nitrogens is 1. The van der Waals surface area contributed by atoms with Gasteiger partial charge in [-0.15, -0.1) is 0 Å². The standard InChI is InChI=1S/C22H28FN3O2/c1-5-15(2)19-8-6-7-9-20(19)25-22(28)16(3)26(4)14-21(27)24-18-12-10-17(23)11-13-18/h6-13,15-16H,5,14H2,1-4H3,(H,24,27)(H,25,28)/p+1/t15-,16+/m0/s1. The van der Waals surface area contributed by atoms with Crippen LogP contribution < -0.4 is 15.5 Å². The molecular formula is C22H29FN3O2+. The molecule has 1 unspecified atom stereocenters. The molecule has 0 aliphatic rings. The average molecular weight is 386 g/mol. The number of carbonyl (C=O) groups is 2. The molecule has 0 spiro atoms. The monoisotopic (exact) mass is 386 g/mol. The van der Waals surface area contributed by atoms with Crippen LogP contribution in [0.25, 0.3) is 0 Å². The van der Waals surface area contributed by atoms with Gasteiger partial charge in [-0.25, -0.2) is 4.39 Å². The van der Waals surface area contributed by atoms with Crippen molar-refractivity contribution in [3.05, 3.63) is 59.9 Å². The number of likely N-dealkylation sites (N-methyl/N-ethyl adjacent to an activating group) is 1. The molecule has 0 heterocycles. The number of amides is 2. The minimum atomic E-state index is -0.413. The predicted molar refractivity (Wildman–Crippen MR) is 110 cm³/mol. The Balaban J connectivity index is 1.95. The molecule has 0 bridgehead atoms. The SMILES string of the molecule is CC[C@H](C)c1ccccc1NC(=O)[C@@H](C)[NH+](C)CC(=O)Nc1ccc(F)cc1. The van der Waals surface area contributed by atoms with E-state index in [1.165, 1.54) is 24.3 Å². The van der Waals surface area contributed by atoms with Gasteiger partial charge in [0, 0.05) is 11.4 Å². The third-order valence-corrected chi connectivity index (χ3v) is 5.06. The average Bonchev–Trinajstić information content (AvgIpc) is 2.68. The summed E-state index contributed by atoms with van der Waals surface area (Å²) < 4.78 is 12.9. The van der Waals surface area contributed by atoms with Gasteiger partial charge in [0.2, 0.25) is 0 Å². The van der Waals surface area contributed by atoms with Crippen LogP contribution in [0.2, 0.25) is 0 Å². The summed E-state index contributed by atoms with van der Waals surface area (Å²) in [4.78, 5) is 25.7. The van der Waals surface area contributed by atoms with E-state index in [9.17, 15) is 14.0 Å². The molecule has 6 heteroatoms. The summed E-state index contributed by atoms with van der Waals surface area (Å²) in [5.74, 6) is -0.381. The lowest BCUT2D eigenvalue weighted by atomic mass is 9.97. The van der Waals surface area contributed by atoms with Crippen LogP contribution in [0.3, 0.4) is 0 Å². The number of benzene rings is 2. The summed E-state index contributed by atoms with van der Waals surface area (Å²) in [5, 5.41) is 5.72. The summed E-state index contributed by atoms with van der Waals surface area (Å²) in [6.45, 7) is 6.16. The van der Waals surface area contributed by atoms with Crippen molar-refractivity contribution >= 4 is 23.2 Å². The first-order valence-corrected chi connectivity index (χ1v) is 9.59. The third-order valence-electron chi connectivity index (χ3n) is 5.06. The normalized spacial score (nSPS) is 14.0. The number of para-hydroxylation sites is 1. The first-order chi connectivity index (χ1) is 13.3. The zero-order valence-electron chi connectivity index (χ0n) is 16.9. The smallest absolute Gasteiger partial charge is 0.282 e. The topological polar surface area (TPSA) is 62.6 Å². The first kappa shape index (κ1) is 21.6. The van der Waals surface area contributed by atoms with Gasteiger partial charge < -0.3 is 15.5 Å². The Kier molecular flexibility index (Phi) is 7.70. The maximum Gasteiger partial charge on any atom is 0.282 e. The Morgan fingerprint density at radius 2 is 1.68 bits per heavy atom. The van der Waals surface area contributed by atoms with E-state index in [0.717, 1.165) is 22.6 Å². The summed E-state index contributed by atoms with van der Waals surface area (Å²) in [6, 6.07) is 13.0. The van der Waals surface area contributed by atoms with Gasteiger partial charge in [-0.3, -0.25) is 9.59 Å². The molecule has 2 aromatic carbocycles. The number of anilines is 2. The minimum absolute atomic E-state index is 0.124. The van der Waals surface area contributed by atoms with Gasteiger partial charge in [-0.1, -0.05) is 32.0 Å². The fourth-order valence-corrected chi connectivity index (χ4v) is 2.87. The predicted octanol–water partition coefficient (Wildman–Crippen LogP) is 2.82. The van der Waals surface area contributed by atoms with Crippen molar-refractivity contribution in [2.45, 2.75) is 39.2 Å². The Labute approximate surface area is 165 Å². The van der Waals surface area contributed by atoms with Gasteiger partial charge in [0.1, 0.15) is 5.82 Å². The van der Waals surface area contributed by atoms with E-state index in [-0.39, 0.29) is 24.2 Å². The molecule has 0 fully saturated rings. The Morgan fingerprint density at radius 3 is 2.32 bits per heavy atom. The summed E-state index contributed by atoms with van der Waals surface area (Å²) >= 11 is 0. The molecule has 0 saturated carbocycles. The molecule has 150 valence electrons. The Morgan fingerprint density at radius 1 is 1.04 bits per heavy atom. The lowest BCUT2D eigenvalue weighted by Crippen LogP contribution is -3.14. The van der Waals surface area contributed by atoms with E-state index in [4.69, 9.17) is 0 Å². The zero-order chi connectivity index (χ0) is 20.7. The highest BCUT2D eigenvalue weighted by Crippen LogP contribution is 2.26. The molecule has 0 aliphatic carbocycles. The van der Waals surface area contributed by atoms with Crippen molar-refractivity contribution < 1.29 is 18.9 Å². The maximum absolute atomic E-state index is 12.9. The van der Waals surface area contributed by atoms with E-state index >= 15 is 0 Å². The molecule has 2 aromatic rings. The van der Waals surface area contributed by atoms with Crippen LogP contribution in [0.5, 0.6) is 0 Å². The number of hydrogen-bond acceptors (Lipinski definition) is 2. The Hall–Kier alpha value is -2.73. The zero-order valence-corrected chi connectivity index (χ0v) is 16.9. The van der Waals surface area contributed by atoms with E-state index in [0.29, 0.717) is 11.6 Å². The second kappa shape index (κ2) is 9.99. The molecule has 5 nitrogen and oxygen atoms in total. The summed E-state index contributed by atoms with van der Waals surface area (Å²) in [6.07, 6.45) is 0.983. The number of hydrogen-bond donors (Lipinski definition) is 3. The molecule has 0 aromatic heterocycles. The van der Waals surface area contributed by atoms with Gasteiger partial charge in [0.15, 0.2) is 12.6 Å². The van der Waals surface area contributed by atoms with E-state index in [2.05, 4.69) is 24.5 Å². The minimum Gasteiger partial charge on any atom is -0.321 e. The van der Waals surface area contributed by atoms with Crippen LogP contribution in [-0.2, 0) is 9.59 Å². The summed E-state index contributed by atoms with van der Waals surface area (Å²) in [5.41, 5.74) is 2.45. The lowest BCUT2D eigenvalue weighted by Gasteiger charge is -2.22. The molecule has 0 aliphatic heterocycles. The third kappa shape index (κ3) is 5.89. The van der Waals surface area contributed by atoms with E-state index < -0.39 is 6.04 Å². The lowest BCUT2D eigenvalue weighted by molar-refractivity contribution is -0.885. The van der Waals surface area contributed by atoms with Crippen molar-refractivity contribution in [1.29, 1.82) is 0 Å². The van der Waals surface area contributed by atoms with Crippen LogP contribution >= 0.6 is 0 Å². The molecular weight excluding hydrogens is 357 g/mol. The van der Waals surface area contributed by atoms with Crippen LogP contribution in [0.4, 0.5) is 15.8 Å². The Bertz CT molecular complexity index is 808. The molecule has 2 rings (SSSR count). The fourth-order valence-electron chi connectivity index (χ4n) is 2.87. The van der Waals surface area contributed by atoms with Gasteiger partial charge in [-0.2, -0.15) is 0 Å². The van der Waals surface area contributed by atoms with Crippen molar-refractivity contribution in [1.82, 2.24) is 0 Å². The highest BCUT2D eigenvalue weighted by Gasteiger charge is 2.25. The largest absolute Gasteiger partial charge is 0.321 e. The van der Waals surface area contributed by atoms with Crippen LogP contribution in [0, 0.1) is 5.82 Å². The summed E-state index contributed by atoms with van der Waals surface area (Å²) in [7, 11) is 1.80. The fraction of sp³-hybridized carbons (Fsp3) is 0.364. The van der Waals surface area contributed by atoms with Crippen molar-refractivity contribution in [3.63, 3.8) is 0 Å². The van der Waals surface area contributed by atoms with Gasteiger partial charge in [-0.05, 0) is 55.2 Å². The number of halogens is 1. The molecule has 0 radical (unpaired) electrons. The molecule has 0 saturated heterocycles. The number of nitrogens with one attached hydrogen (secondary N) is 3. The van der Waals surface area contributed by atoms with Crippen LogP contribution in [0.15, 0.2) is 48.5 Å². The second-order valence-electron chi connectivity index (χ2n) is 7.19. The second-order valence-corrected chi connectivity index (χ2v) is 7.19. The molecule has 2 amide bonds. The van der Waals surface area contributed by atoms with Gasteiger partial charge in [0.25, 0.3) is 11.8 Å². The van der Waals surface area contributed by atoms with Crippen LogP contribution in [-0.4, -0.2) is 31.4 Å². The molecule has 3 atom stereocenters. The highest BCUT2D eigenvalue weighted by atomic mass is 19.1. The number of carbonyl (C=O) groups excluding carboxylic acids is 2. The van der Waals surface area contributed by atoms with Gasteiger partial charge >= 0.3 is 0 Å². The maximum atomic E-state index is 12.9. The van der Waals surface area contributed by atoms with Crippen molar-refractivity contribution in [2.75, 3.05) is 24.2 Å². The molecule has 3 N–H and O–H groups in total. The van der Waals surface area contributed by atoms with Crippen LogP contribution in [0.1, 0.15) is 38.7 Å². The first-order valence-electron chi connectivity index (χ1n) is 9.59. The van der Waals surface area contributed by atoms with Crippen molar-refractivity contribution in [3.8, 4) is 0 Å². The van der Waals surface area contributed by atoms with Gasteiger partial charge in [0.05, 0.1) is 7.05 Å². The molecule has 28 heavy (non-hydrogen) atoms. The number of rotatable bonds is 8. The highest BCUT2D eigenvalue weighted by molar-refractivity contribution is 5.95. The quantitative estimate of drug-likeness (QED) is 0.653. The van der Waals surface area contributed by atoms with Crippen molar-refractivity contribution in [2.24, 2.45) is 0 Å². The van der Waals surface area contributed by atoms with E-state index in [1.54, 1.807) is 14.0 Å².